The van der Waals surface area contributed by atoms with Gasteiger partial charge in [0.05, 0.1) is 11.8 Å². The van der Waals surface area contributed by atoms with Gasteiger partial charge in [0.25, 0.3) is 0 Å². The quantitative estimate of drug-likeness (QED) is 0.864. The Morgan fingerprint density at radius 3 is 2.74 bits per heavy atom. The maximum Gasteiger partial charge on any atom is 0.388 e. The minimum absolute atomic E-state index is 0.0501. The first kappa shape index (κ1) is 13.5. The molecule has 0 aliphatic heterocycles. The highest BCUT2D eigenvalue weighted by atomic mass is 79.9. The Bertz CT molecular complexity index is 658. The molecule has 0 saturated heterocycles. The fourth-order valence-electron chi connectivity index (χ4n) is 1.61. The molecule has 2 aromatic rings. The van der Waals surface area contributed by atoms with Gasteiger partial charge in [-0.25, -0.2) is 9.36 Å². The van der Waals surface area contributed by atoms with Crippen LogP contribution < -0.4 is 4.74 Å². The Morgan fingerprint density at radius 2 is 2.21 bits per heavy atom. The molecule has 0 spiro atoms. The highest BCUT2D eigenvalue weighted by Gasteiger charge is 2.21. The van der Waals surface area contributed by atoms with E-state index in [0.29, 0.717) is 21.5 Å². The third-order valence-electron chi connectivity index (χ3n) is 2.43. The molecule has 0 amide bonds. The highest BCUT2D eigenvalue weighted by Crippen LogP contribution is 2.28. The monoisotopic (exact) mass is 331 g/mol. The zero-order valence-electron chi connectivity index (χ0n) is 9.93. The van der Waals surface area contributed by atoms with Crippen LogP contribution >= 0.6 is 15.9 Å². The Hall–Kier alpha value is -1.95. The highest BCUT2D eigenvalue weighted by molar-refractivity contribution is 9.10. The van der Waals surface area contributed by atoms with Gasteiger partial charge in [0.2, 0.25) is 5.88 Å². The summed E-state index contributed by atoms with van der Waals surface area (Å²) in [7, 11) is 1.48. The molecule has 0 radical (unpaired) electrons. The lowest BCUT2D eigenvalue weighted by Crippen LogP contribution is -2.06. The van der Waals surface area contributed by atoms with Crippen molar-refractivity contribution in [2.24, 2.45) is 7.05 Å². The largest absolute Gasteiger partial charge is 0.417 e. The molecule has 2 aromatic heterocycles. The van der Waals surface area contributed by atoms with Crippen LogP contribution in [0.15, 0.2) is 10.8 Å². The van der Waals surface area contributed by atoms with Crippen molar-refractivity contribution in [2.75, 3.05) is 0 Å². The summed E-state index contributed by atoms with van der Waals surface area (Å²) in [4.78, 5) is 0. The zero-order chi connectivity index (χ0) is 14.2. The van der Waals surface area contributed by atoms with Crippen LogP contribution in [-0.4, -0.2) is 26.2 Å². The van der Waals surface area contributed by atoms with E-state index in [1.54, 1.807) is 6.92 Å². The smallest absolute Gasteiger partial charge is 0.388 e. The van der Waals surface area contributed by atoms with Crippen LogP contribution in [-0.2, 0) is 7.05 Å². The van der Waals surface area contributed by atoms with Crippen molar-refractivity contribution in [2.45, 2.75) is 13.5 Å². The molecule has 6 nitrogen and oxygen atoms in total. The molecule has 2 rings (SSSR count). The Kier molecular flexibility index (Phi) is 3.53. The Labute approximate surface area is 115 Å². The summed E-state index contributed by atoms with van der Waals surface area (Å²) in [6, 6.07) is 1.94. The van der Waals surface area contributed by atoms with E-state index in [4.69, 9.17) is 5.26 Å². The topological polar surface area (TPSA) is 68.7 Å². The van der Waals surface area contributed by atoms with Gasteiger partial charge >= 0.3 is 6.61 Å². The summed E-state index contributed by atoms with van der Waals surface area (Å²) in [6.45, 7) is -1.35. The molecule has 0 aliphatic carbocycles. The second kappa shape index (κ2) is 4.97. The van der Waals surface area contributed by atoms with E-state index in [9.17, 15) is 8.78 Å². The van der Waals surface area contributed by atoms with Gasteiger partial charge < -0.3 is 4.74 Å². The van der Waals surface area contributed by atoms with E-state index in [-0.39, 0.29) is 5.88 Å². The van der Waals surface area contributed by atoms with Crippen molar-refractivity contribution >= 4 is 15.9 Å². The van der Waals surface area contributed by atoms with Gasteiger partial charge in [-0.15, -0.1) is 5.10 Å². The number of halogens is 3. The Morgan fingerprint density at radius 1 is 1.53 bits per heavy atom. The van der Waals surface area contributed by atoms with Gasteiger partial charge in [-0.2, -0.15) is 19.1 Å². The number of hydrogen-bond acceptors (Lipinski definition) is 4. The maximum absolute atomic E-state index is 12.3. The first-order chi connectivity index (χ1) is 8.95. The molecule has 2 heterocycles. The van der Waals surface area contributed by atoms with E-state index in [2.05, 4.69) is 30.9 Å². The molecule has 0 N–H and O–H groups in total. The summed E-state index contributed by atoms with van der Waals surface area (Å²) in [5.74, 6) is 0.262. The number of nitriles is 1. The molecule has 0 fully saturated rings. The number of aryl methyl sites for hydroxylation is 1. The van der Waals surface area contributed by atoms with E-state index in [1.807, 2.05) is 6.07 Å². The summed E-state index contributed by atoms with van der Waals surface area (Å²) in [6.07, 6.45) is 1.35. The second-order valence-corrected chi connectivity index (χ2v) is 4.38. The summed E-state index contributed by atoms with van der Waals surface area (Å²) in [5.41, 5.74) is 0.720. The van der Waals surface area contributed by atoms with E-state index < -0.39 is 6.61 Å². The van der Waals surface area contributed by atoms with E-state index in [0.717, 1.165) is 0 Å². The third-order valence-corrected chi connectivity index (χ3v) is 3.19. The maximum atomic E-state index is 12.3. The van der Waals surface area contributed by atoms with Crippen LogP contribution in [0.4, 0.5) is 8.78 Å². The van der Waals surface area contributed by atoms with E-state index in [1.165, 1.54) is 22.6 Å². The van der Waals surface area contributed by atoms with Crippen LogP contribution in [0.5, 0.6) is 5.88 Å². The van der Waals surface area contributed by atoms with Gasteiger partial charge in [0.15, 0.2) is 5.82 Å². The summed E-state index contributed by atoms with van der Waals surface area (Å²) < 4.78 is 31.9. The van der Waals surface area contributed by atoms with Crippen molar-refractivity contribution in [3.63, 3.8) is 0 Å². The van der Waals surface area contributed by atoms with Crippen LogP contribution in [0.1, 0.15) is 11.1 Å². The van der Waals surface area contributed by atoms with Gasteiger partial charge in [0, 0.05) is 7.05 Å². The number of aromatic nitrogens is 4. The van der Waals surface area contributed by atoms with Gasteiger partial charge in [0.1, 0.15) is 16.2 Å². The minimum atomic E-state index is -2.93. The average molecular weight is 332 g/mol. The lowest BCUT2D eigenvalue weighted by Gasteiger charge is -2.04. The minimum Gasteiger partial charge on any atom is -0.417 e. The zero-order valence-corrected chi connectivity index (χ0v) is 11.5. The number of hydrogen-bond donors (Lipinski definition) is 0. The third kappa shape index (κ3) is 2.31. The lowest BCUT2D eigenvalue weighted by molar-refractivity contribution is -0.0557. The normalized spacial score (nSPS) is 10.8. The van der Waals surface area contributed by atoms with Crippen LogP contribution in [0.2, 0.25) is 0 Å². The molecular formula is C10H8BrF2N5O. The van der Waals surface area contributed by atoms with Gasteiger partial charge in [-0.3, -0.25) is 0 Å². The summed E-state index contributed by atoms with van der Waals surface area (Å²) in [5, 5.41) is 16.9. The molecule has 0 aliphatic rings. The van der Waals surface area contributed by atoms with Gasteiger partial charge in [-0.05, 0) is 22.9 Å². The standard InChI is InChI=1S/C10H8BrF2N5O/c1-5-8(16-17(2)9(5)19-10(12)13)18-7(11)6(3-14)4-15-18/h4,10H,1-2H3. The van der Waals surface area contributed by atoms with Crippen molar-refractivity contribution in [3.8, 4) is 17.8 Å². The molecule has 0 unspecified atom stereocenters. The van der Waals surface area contributed by atoms with Crippen molar-refractivity contribution in [1.29, 1.82) is 5.26 Å². The molecule has 0 saturated carbocycles. The van der Waals surface area contributed by atoms with Crippen molar-refractivity contribution < 1.29 is 13.5 Å². The number of nitrogens with zero attached hydrogens (tertiary/aromatic N) is 5. The number of ether oxygens (including phenoxy) is 1. The predicted octanol–water partition coefficient (Wildman–Crippen LogP) is 2.15. The van der Waals surface area contributed by atoms with Crippen LogP contribution in [0.25, 0.3) is 5.82 Å². The predicted molar refractivity (Wildman–Crippen MR) is 64.1 cm³/mol. The van der Waals surface area contributed by atoms with Crippen molar-refractivity contribution in [3.05, 3.63) is 21.9 Å². The number of rotatable bonds is 3. The van der Waals surface area contributed by atoms with Crippen LogP contribution in [0, 0.1) is 18.3 Å². The first-order valence-electron chi connectivity index (χ1n) is 5.08. The fraction of sp³-hybridized carbons (Fsp3) is 0.300. The van der Waals surface area contributed by atoms with Gasteiger partial charge in [-0.1, -0.05) is 0 Å². The molecule has 19 heavy (non-hydrogen) atoms. The summed E-state index contributed by atoms with van der Waals surface area (Å²) >= 11 is 3.21. The lowest BCUT2D eigenvalue weighted by atomic mass is 10.3. The molecule has 100 valence electrons. The Balaban J connectivity index is 2.52. The molecule has 9 heteroatoms. The molecular weight excluding hydrogens is 324 g/mol. The molecule has 0 bridgehead atoms. The number of alkyl halides is 2. The van der Waals surface area contributed by atoms with Crippen molar-refractivity contribution in [1.82, 2.24) is 19.6 Å². The molecule has 0 aromatic carbocycles. The van der Waals surface area contributed by atoms with Crippen LogP contribution in [0.3, 0.4) is 0 Å². The first-order valence-corrected chi connectivity index (χ1v) is 5.87. The molecule has 0 atom stereocenters. The SMILES string of the molecule is Cc1c(-n2ncc(C#N)c2Br)nn(C)c1OC(F)F. The second-order valence-electron chi connectivity index (χ2n) is 3.63. The fourth-order valence-corrected chi connectivity index (χ4v) is 2.06. The average Bonchev–Trinajstić information content (AvgIpc) is 2.83. The van der Waals surface area contributed by atoms with E-state index >= 15 is 0 Å².